The lowest BCUT2D eigenvalue weighted by molar-refractivity contribution is 0.0722. The van der Waals surface area contributed by atoms with Gasteiger partial charge in [0.05, 0.1) is 23.1 Å². The van der Waals surface area contributed by atoms with Crippen LogP contribution in [0.2, 0.25) is 0 Å². The van der Waals surface area contributed by atoms with E-state index in [1.807, 2.05) is 53.4 Å². The van der Waals surface area contributed by atoms with Gasteiger partial charge in [-0.2, -0.15) is 0 Å². The Bertz CT molecular complexity index is 1210. The highest BCUT2D eigenvalue weighted by molar-refractivity contribution is 9.10. The molecule has 0 N–H and O–H groups in total. The maximum absolute atomic E-state index is 13.6. The van der Waals surface area contributed by atoms with Gasteiger partial charge in [0, 0.05) is 17.6 Å². The van der Waals surface area contributed by atoms with E-state index in [0.717, 1.165) is 39.4 Å². The third-order valence-electron chi connectivity index (χ3n) is 5.81. The molecule has 0 radical (unpaired) electrons. The minimum absolute atomic E-state index is 0.00126. The number of rotatable bonds is 7. The summed E-state index contributed by atoms with van der Waals surface area (Å²) in [5.41, 5.74) is 3.92. The molecule has 156 valence electrons. The fourth-order valence-corrected chi connectivity index (χ4v) is 4.44. The van der Waals surface area contributed by atoms with Gasteiger partial charge >= 0.3 is 0 Å². The summed E-state index contributed by atoms with van der Waals surface area (Å²) < 4.78 is 3.13. The molecule has 0 atom stereocenters. The Balaban J connectivity index is 1.52. The number of benzene rings is 3. The molecule has 1 aliphatic rings. The number of nitrogens with zero attached hydrogens (tertiary/aromatic N) is 3. The topological polar surface area (TPSA) is 38.1 Å². The van der Waals surface area contributed by atoms with Gasteiger partial charge in [-0.15, -0.1) is 0 Å². The van der Waals surface area contributed by atoms with Crippen molar-refractivity contribution >= 4 is 32.9 Å². The Morgan fingerprint density at radius 2 is 1.65 bits per heavy atom. The quantitative estimate of drug-likeness (QED) is 0.327. The zero-order valence-corrected chi connectivity index (χ0v) is 18.8. The van der Waals surface area contributed by atoms with Crippen molar-refractivity contribution in [1.29, 1.82) is 0 Å². The number of carbonyl (C=O) groups is 1. The largest absolute Gasteiger partial charge is 0.327 e. The lowest BCUT2D eigenvalue weighted by Gasteiger charge is -2.24. The molecule has 1 fully saturated rings. The molecular weight excluding hydrogens is 450 g/mol. The number of halogens is 1. The number of fused-ring (bicyclic) bond motifs is 1. The molecule has 5 heteroatoms. The Morgan fingerprint density at radius 1 is 0.935 bits per heavy atom. The predicted molar refractivity (Wildman–Crippen MR) is 127 cm³/mol. The summed E-state index contributed by atoms with van der Waals surface area (Å²) in [5.74, 6) is 1.67. The van der Waals surface area contributed by atoms with E-state index in [1.54, 1.807) is 0 Å². The Kier molecular flexibility index (Phi) is 5.60. The number of hydrogen-bond donors (Lipinski definition) is 0. The van der Waals surface area contributed by atoms with Crippen molar-refractivity contribution < 1.29 is 4.79 Å². The van der Waals surface area contributed by atoms with Crippen molar-refractivity contribution in [1.82, 2.24) is 14.5 Å². The van der Waals surface area contributed by atoms with E-state index >= 15 is 0 Å². The fourth-order valence-electron chi connectivity index (χ4n) is 3.99. The molecule has 1 saturated carbocycles. The van der Waals surface area contributed by atoms with Crippen LogP contribution in [0.4, 0.5) is 0 Å². The molecule has 1 aromatic heterocycles. The standard InChI is InChI=1S/C26H24BrN3O/c27-22-11-5-4-10-21(22)26(31)29(16-19-8-2-1-3-9-19)18-25-28-23-12-6-7-13-24(23)30(25)17-20-14-15-20/h1-13,20H,14-18H2. The van der Waals surface area contributed by atoms with Gasteiger partial charge in [0.15, 0.2) is 0 Å². The van der Waals surface area contributed by atoms with E-state index in [4.69, 9.17) is 4.98 Å². The molecule has 31 heavy (non-hydrogen) atoms. The second-order valence-corrected chi connectivity index (χ2v) is 9.05. The Labute approximate surface area is 190 Å². The summed E-state index contributed by atoms with van der Waals surface area (Å²) in [6.07, 6.45) is 2.55. The van der Waals surface area contributed by atoms with Crippen molar-refractivity contribution in [3.63, 3.8) is 0 Å². The second-order valence-electron chi connectivity index (χ2n) is 8.20. The van der Waals surface area contributed by atoms with Gasteiger partial charge in [0.1, 0.15) is 5.82 Å². The highest BCUT2D eigenvalue weighted by Crippen LogP contribution is 2.33. The van der Waals surface area contributed by atoms with Crippen LogP contribution in [0.3, 0.4) is 0 Å². The normalized spacial score (nSPS) is 13.5. The molecule has 0 saturated heterocycles. The van der Waals surface area contributed by atoms with Gasteiger partial charge < -0.3 is 9.47 Å². The van der Waals surface area contributed by atoms with Gasteiger partial charge in [-0.05, 0) is 64.5 Å². The first-order valence-corrected chi connectivity index (χ1v) is 11.5. The first kappa shape index (κ1) is 20.0. The summed E-state index contributed by atoms with van der Waals surface area (Å²) in [6.45, 7) is 1.97. The Hall–Kier alpha value is -2.92. The first-order chi connectivity index (χ1) is 15.2. The molecule has 0 spiro atoms. The van der Waals surface area contributed by atoms with Crippen LogP contribution in [0.25, 0.3) is 11.0 Å². The minimum atomic E-state index is 0.00126. The van der Waals surface area contributed by atoms with Crippen molar-refractivity contribution in [2.75, 3.05) is 0 Å². The molecule has 1 aliphatic carbocycles. The lowest BCUT2D eigenvalue weighted by Crippen LogP contribution is -2.31. The monoisotopic (exact) mass is 473 g/mol. The van der Waals surface area contributed by atoms with Gasteiger partial charge in [0.25, 0.3) is 5.91 Å². The summed E-state index contributed by atoms with van der Waals surface area (Å²) in [7, 11) is 0. The highest BCUT2D eigenvalue weighted by atomic mass is 79.9. The Morgan fingerprint density at radius 3 is 2.42 bits per heavy atom. The molecule has 3 aromatic carbocycles. The van der Waals surface area contributed by atoms with E-state index in [0.29, 0.717) is 18.7 Å². The van der Waals surface area contributed by atoms with Crippen LogP contribution in [-0.2, 0) is 19.6 Å². The van der Waals surface area contributed by atoms with Crippen LogP contribution in [0, 0.1) is 5.92 Å². The number of carbonyl (C=O) groups excluding carboxylic acids is 1. The predicted octanol–water partition coefficient (Wildman–Crippen LogP) is 6.05. The maximum Gasteiger partial charge on any atom is 0.255 e. The van der Waals surface area contributed by atoms with Crippen molar-refractivity contribution in [2.45, 2.75) is 32.5 Å². The van der Waals surface area contributed by atoms with Gasteiger partial charge in [-0.3, -0.25) is 4.79 Å². The van der Waals surface area contributed by atoms with E-state index in [1.165, 1.54) is 12.8 Å². The summed E-state index contributed by atoms with van der Waals surface area (Å²) in [6, 6.07) is 26.0. The van der Waals surface area contributed by atoms with Crippen LogP contribution in [-0.4, -0.2) is 20.4 Å². The number of amides is 1. The zero-order valence-electron chi connectivity index (χ0n) is 17.2. The molecule has 0 unspecified atom stereocenters. The van der Waals surface area contributed by atoms with Gasteiger partial charge in [-0.1, -0.05) is 54.6 Å². The van der Waals surface area contributed by atoms with Crippen LogP contribution < -0.4 is 0 Å². The average molecular weight is 474 g/mol. The van der Waals surface area contributed by atoms with E-state index in [2.05, 4.69) is 50.8 Å². The number of imidazole rings is 1. The van der Waals surface area contributed by atoms with Crippen molar-refractivity contribution in [3.05, 3.63) is 100 Å². The smallest absolute Gasteiger partial charge is 0.255 e. The molecule has 5 rings (SSSR count). The van der Waals surface area contributed by atoms with E-state index in [-0.39, 0.29) is 5.91 Å². The SMILES string of the molecule is O=C(c1ccccc1Br)N(Cc1ccccc1)Cc1nc2ccccc2n1CC1CC1. The number of para-hydroxylation sites is 2. The molecule has 1 heterocycles. The number of hydrogen-bond acceptors (Lipinski definition) is 2. The first-order valence-electron chi connectivity index (χ1n) is 10.7. The maximum atomic E-state index is 13.6. The second kappa shape index (κ2) is 8.67. The van der Waals surface area contributed by atoms with Gasteiger partial charge in [-0.25, -0.2) is 4.98 Å². The van der Waals surface area contributed by atoms with Crippen LogP contribution in [0.15, 0.2) is 83.3 Å². The molecular formula is C26H24BrN3O. The summed E-state index contributed by atoms with van der Waals surface area (Å²) in [4.78, 5) is 20.4. The van der Waals surface area contributed by atoms with Crippen LogP contribution >= 0.6 is 15.9 Å². The van der Waals surface area contributed by atoms with Crippen molar-refractivity contribution in [3.8, 4) is 0 Å². The third kappa shape index (κ3) is 4.42. The van der Waals surface area contributed by atoms with Crippen LogP contribution in [0.5, 0.6) is 0 Å². The minimum Gasteiger partial charge on any atom is -0.327 e. The number of aromatic nitrogens is 2. The van der Waals surface area contributed by atoms with Crippen molar-refractivity contribution in [2.24, 2.45) is 5.92 Å². The summed E-state index contributed by atoms with van der Waals surface area (Å²) >= 11 is 3.55. The summed E-state index contributed by atoms with van der Waals surface area (Å²) in [5, 5.41) is 0. The molecule has 0 aliphatic heterocycles. The highest BCUT2D eigenvalue weighted by Gasteiger charge is 2.26. The molecule has 0 bridgehead atoms. The van der Waals surface area contributed by atoms with E-state index in [9.17, 15) is 4.79 Å². The lowest BCUT2D eigenvalue weighted by atomic mass is 10.1. The molecule has 4 nitrogen and oxygen atoms in total. The zero-order chi connectivity index (χ0) is 21.2. The van der Waals surface area contributed by atoms with Crippen LogP contribution in [0.1, 0.15) is 34.6 Å². The third-order valence-corrected chi connectivity index (χ3v) is 6.50. The molecule has 1 amide bonds. The van der Waals surface area contributed by atoms with Gasteiger partial charge in [0.2, 0.25) is 0 Å². The average Bonchev–Trinajstić information content (AvgIpc) is 3.55. The van der Waals surface area contributed by atoms with E-state index < -0.39 is 0 Å². The fraction of sp³-hybridized carbons (Fsp3) is 0.231. The molecule has 4 aromatic rings.